The Morgan fingerprint density at radius 3 is 2.64 bits per heavy atom. The van der Waals surface area contributed by atoms with Crippen molar-refractivity contribution in [2.24, 2.45) is 0 Å². The molecule has 10 nitrogen and oxygen atoms in total. The third kappa shape index (κ3) is 7.12. The molecule has 1 aliphatic carbocycles. The number of aliphatic carboxylic acids is 1. The van der Waals surface area contributed by atoms with E-state index in [0.717, 1.165) is 30.7 Å². The number of amides is 1. The Hall–Kier alpha value is -3.76. The second-order valence-electron chi connectivity index (χ2n) is 8.77. The fraction of sp³-hybridized carbons (Fsp3) is 0.385. The Morgan fingerprint density at radius 1 is 1.00 bits per heavy atom. The molecule has 188 valence electrons. The highest BCUT2D eigenvalue weighted by molar-refractivity contribution is 5.94. The maximum absolute atomic E-state index is 12.6. The van der Waals surface area contributed by atoms with Crippen molar-refractivity contribution in [2.45, 2.75) is 57.3 Å². The number of nitrogens with one attached hydrogen (secondary N) is 3. The molecule has 0 saturated heterocycles. The van der Waals surface area contributed by atoms with Crippen LogP contribution in [-0.4, -0.2) is 49.5 Å². The van der Waals surface area contributed by atoms with Crippen molar-refractivity contribution in [2.75, 3.05) is 6.54 Å². The van der Waals surface area contributed by atoms with Crippen molar-refractivity contribution in [3.63, 3.8) is 0 Å². The fourth-order valence-corrected chi connectivity index (χ4v) is 4.26. The normalized spacial score (nSPS) is 15.6. The lowest BCUT2D eigenvalue weighted by molar-refractivity contribution is -0.139. The monoisotopic (exact) mass is 489 g/mol. The second-order valence-corrected chi connectivity index (χ2v) is 8.77. The van der Waals surface area contributed by atoms with E-state index in [2.05, 4.69) is 42.0 Å². The number of rotatable bonds is 12. The molecule has 2 atom stereocenters. The van der Waals surface area contributed by atoms with Crippen LogP contribution in [0.3, 0.4) is 0 Å². The third-order valence-corrected chi connectivity index (χ3v) is 6.14. The van der Waals surface area contributed by atoms with Crippen LogP contribution < -0.4 is 16.0 Å². The standard InChI is InChI=1S/C26H31N7O3/c34-25(23-17-31-20(16-32-23)15-27-14-19-8-1-2-11-28-19)33-22(26(35)36)10-5-12-29-21-9-3-6-18-7-4-13-30-24(18)21/h1-2,4,7-8,11,13,16-17,21-22,27,29H,3,5-6,9-10,12,14-15H2,(H,33,34)(H,35,36)/t21?,22-/m0/s1. The van der Waals surface area contributed by atoms with Gasteiger partial charge in [-0.25, -0.2) is 9.78 Å². The molecule has 36 heavy (non-hydrogen) atoms. The van der Waals surface area contributed by atoms with Crippen LogP contribution >= 0.6 is 0 Å². The molecule has 1 unspecified atom stereocenters. The van der Waals surface area contributed by atoms with Gasteiger partial charge in [0.05, 0.1) is 29.5 Å². The summed E-state index contributed by atoms with van der Waals surface area (Å²) < 4.78 is 0. The van der Waals surface area contributed by atoms with Crippen LogP contribution in [0.1, 0.15) is 64.9 Å². The molecule has 4 rings (SSSR count). The highest BCUT2D eigenvalue weighted by Gasteiger charge is 2.23. The van der Waals surface area contributed by atoms with E-state index in [1.807, 2.05) is 30.5 Å². The van der Waals surface area contributed by atoms with Crippen molar-refractivity contribution in [3.8, 4) is 0 Å². The highest BCUT2D eigenvalue weighted by Crippen LogP contribution is 2.27. The molecule has 4 N–H and O–H groups in total. The molecular formula is C26H31N7O3. The predicted molar refractivity (Wildman–Crippen MR) is 133 cm³/mol. The van der Waals surface area contributed by atoms with Crippen LogP contribution in [0, 0.1) is 0 Å². The Morgan fingerprint density at radius 2 is 1.86 bits per heavy atom. The van der Waals surface area contributed by atoms with Gasteiger partial charge in [-0.2, -0.15) is 0 Å². The summed E-state index contributed by atoms with van der Waals surface area (Å²) in [6.45, 7) is 1.70. The average molecular weight is 490 g/mol. The first-order chi connectivity index (χ1) is 17.6. The maximum Gasteiger partial charge on any atom is 0.326 e. The van der Waals surface area contributed by atoms with E-state index in [1.165, 1.54) is 18.0 Å². The van der Waals surface area contributed by atoms with Crippen molar-refractivity contribution < 1.29 is 14.7 Å². The number of carboxylic acids is 1. The Balaban J connectivity index is 1.21. The van der Waals surface area contributed by atoms with Crippen LogP contribution in [0.25, 0.3) is 0 Å². The minimum absolute atomic E-state index is 0.0812. The smallest absolute Gasteiger partial charge is 0.326 e. The number of carbonyl (C=O) groups excluding carboxylic acids is 1. The molecule has 3 heterocycles. The van der Waals surface area contributed by atoms with Crippen LogP contribution in [-0.2, 0) is 24.3 Å². The van der Waals surface area contributed by atoms with Gasteiger partial charge in [-0.1, -0.05) is 12.1 Å². The molecule has 1 aliphatic rings. The average Bonchev–Trinajstić information content (AvgIpc) is 2.91. The van der Waals surface area contributed by atoms with E-state index in [4.69, 9.17) is 0 Å². The van der Waals surface area contributed by atoms with Gasteiger partial charge in [0.2, 0.25) is 0 Å². The number of aromatic nitrogens is 4. The van der Waals surface area contributed by atoms with E-state index in [-0.39, 0.29) is 11.7 Å². The zero-order valence-electron chi connectivity index (χ0n) is 20.1. The Kier molecular flexibility index (Phi) is 9.01. The molecule has 0 spiro atoms. The minimum Gasteiger partial charge on any atom is -0.480 e. The van der Waals surface area contributed by atoms with Gasteiger partial charge in [0.25, 0.3) is 5.91 Å². The molecule has 0 fully saturated rings. The number of carbonyl (C=O) groups is 2. The summed E-state index contributed by atoms with van der Waals surface area (Å²) in [4.78, 5) is 41.5. The fourth-order valence-electron chi connectivity index (χ4n) is 4.26. The predicted octanol–water partition coefficient (Wildman–Crippen LogP) is 2.19. The summed E-state index contributed by atoms with van der Waals surface area (Å²) in [7, 11) is 0. The van der Waals surface area contributed by atoms with Crippen LogP contribution in [0.5, 0.6) is 0 Å². The number of pyridine rings is 2. The first-order valence-corrected chi connectivity index (χ1v) is 12.2. The number of aryl methyl sites for hydroxylation is 1. The molecule has 10 heteroatoms. The summed E-state index contributed by atoms with van der Waals surface area (Å²) in [5.41, 5.74) is 4.02. The van der Waals surface area contributed by atoms with Gasteiger partial charge >= 0.3 is 5.97 Å². The summed E-state index contributed by atoms with van der Waals surface area (Å²) in [6.07, 6.45) is 10.5. The van der Waals surface area contributed by atoms with E-state index in [9.17, 15) is 14.7 Å². The molecule has 1 amide bonds. The van der Waals surface area contributed by atoms with Crippen molar-refractivity contribution in [1.82, 2.24) is 35.9 Å². The number of nitrogens with zero attached hydrogens (tertiary/aromatic N) is 4. The Bertz CT molecular complexity index is 1140. The molecular weight excluding hydrogens is 458 g/mol. The molecule has 3 aromatic rings. The molecule has 0 bridgehead atoms. The van der Waals surface area contributed by atoms with Crippen LogP contribution in [0.2, 0.25) is 0 Å². The van der Waals surface area contributed by atoms with E-state index in [0.29, 0.717) is 38.2 Å². The Labute approximate surface area is 210 Å². The lowest BCUT2D eigenvalue weighted by atomic mass is 9.92. The molecule has 0 aliphatic heterocycles. The zero-order chi connectivity index (χ0) is 25.2. The maximum atomic E-state index is 12.6. The number of hydrogen-bond acceptors (Lipinski definition) is 8. The molecule has 0 radical (unpaired) electrons. The van der Waals surface area contributed by atoms with Crippen LogP contribution in [0.4, 0.5) is 0 Å². The number of hydrogen-bond donors (Lipinski definition) is 4. The summed E-state index contributed by atoms with van der Waals surface area (Å²) >= 11 is 0. The van der Waals surface area contributed by atoms with Gasteiger partial charge in [-0.05, 0) is 62.4 Å². The number of fused-ring (bicyclic) bond motifs is 1. The van der Waals surface area contributed by atoms with Gasteiger partial charge in [0.15, 0.2) is 0 Å². The van der Waals surface area contributed by atoms with E-state index in [1.54, 1.807) is 6.20 Å². The molecule has 3 aromatic heterocycles. The van der Waals surface area contributed by atoms with E-state index >= 15 is 0 Å². The zero-order valence-corrected chi connectivity index (χ0v) is 20.1. The lowest BCUT2D eigenvalue weighted by Gasteiger charge is -2.25. The van der Waals surface area contributed by atoms with Crippen LogP contribution in [0.15, 0.2) is 55.1 Å². The number of carboxylic acid groups (broad SMARTS) is 1. The highest BCUT2D eigenvalue weighted by atomic mass is 16.4. The van der Waals surface area contributed by atoms with E-state index < -0.39 is 17.9 Å². The SMILES string of the molecule is O=C(N[C@@H](CCCNC1CCCc2cccnc21)C(=O)O)c1cnc(CNCc2ccccn2)cn1. The first kappa shape index (κ1) is 25.3. The second kappa shape index (κ2) is 12.8. The van der Waals surface area contributed by atoms with Crippen molar-refractivity contribution >= 4 is 11.9 Å². The summed E-state index contributed by atoms with van der Waals surface area (Å²) in [6, 6.07) is 8.95. The minimum atomic E-state index is -1.07. The van der Waals surface area contributed by atoms with Crippen molar-refractivity contribution in [1.29, 1.82) is 0 Å². The van der Waals surface area contributed by atoms with Gasteiger partial charge < -0.3 is 21.1 Å². The largest absolute Gasteiger partial charge is 0.480 e. The molecule has 0 saturated carbocycles. The van der Waals surface area contributed by atoms with Crippen molar-refractivity contribution in [3.05, 3.63) is 83.5 Å². The third-order valence-electron chi connectivity index (χ3n) is 6.14. The lowest BCUT2D eigenvalue weighted by Crippen LogP contribution is -2.41. The topological polar surface area (TPSA) is 142 Å². The van der Waals surface area contributed by atoms with Gasteiger partial charge in [0.1, 0.15) is 11.7 Å². The summed E-state index contributed by atoms with van der Waals surface area (Å²) in [5, 5.41) is 18.9. The van der Waals surface area contributed by atoms with Gasteiger partial charge in [0, 0.05) is 31.5 Å². The quantitative estimate of drug-likeness (QED) is 0.282. The van der Waals surface area contributed by atoms with Gasteiger partial charge in [-0.3, -0.25) is 19.7 Å². The molecule has 0 aromatic carbocycles. The first-order valence-electron chi connectivity index (χ1n) is 12.2. The van der Waals surface area contributed by atoms with Gasteiger partial charge in [-0.15, -0.1) is 0 Å². The summed E-state index contributed by atoms with van der Waals surface area (Å²) in [5.74, 6) is -1.63.